The van der Waals surface area contributed by atoms with E-state index in [2.05, 4.69) is 5.32 Å². The summed E-state index contributed by atoms with van der Waals surface area (Å²) < 4.78 is 5.05. The summed E-state index contributed by atoms with van der Waals surface area (Å²) in [5, 5.41) is 11.5. The molecule has 1 rings (SSSR count). The summed E-state index contributed by atoms with van der Waals surface area (Å²) in [4.78, 5) is 22.7. The summed E-state index contributed by atoms with van der Waals surface area (Å²) in [6.07, 6.45) is 6.17. The van der Waals surface area contributed by atoms with E-state index >= 15 is 0 Å². The lowest BCUT2D eigenvalue weighted by Crippen LogP contribution is -2.44. The molecule has 0 radical (unpaired) electrons. The van der Waals surface area contributed by atoms with E-state index in [1.54, 1.807) is 20.8 Å². The van der Waals surface area contributed by atoms with Gasteiger partial charge in [0.15, 0.2) is 6.04 Å². The van der Waals surface area contributed by atoms with Crippen LogP contribution in [0.4, 0.5) is 4.79 Å². The minimum absolute atomic E-state index is 0.534. The first-order valence-corrected chi connectivity index (χ1v) is 5.86. The topological polar surface area (TPSA) is 75.6 Å². The summed E-state index contributed by atoms with van der Waals surface area (Å²) in [7, 11) is 0. The summed E-state index contributed by atoms with van der Waals surface area (Å²) in [5.41, 5.74) is 0.0319. The quantitative estimate of drug-likeness (QED) is 0.756. The molecule has 1 aliphatic carbocycles. The molecule has 0 unspecified atom stereocenters. The van der Waals surface area contributed by atoms with Gasteiger partial charge >= 0.3 is 12.1 Å². The SMILES string of the molecule is CC(C)(C)OC(=O)N[C@@H](C(=O)O)C1=CCC=CC1. The Morgan fingerprint density at radius 1 is 1.39 bits per heavy atom. The van der Waals surface area contributed by atoms with Gasteiger partial charge in [0, 0.05) is 0 Å². The number of allylic oxidation sites excluding steroid dienone is 3. The van der Waals surface area contributed by atoms with Crippen molar-refractivity contribution in [1.29, 1.82) is 0 Å². The van der Waals surface area contributed by atoms with Gasteiger partial charge in [0.05, 0.1) is 0 Å². The van der Waals surface area contributed by atoms with Gasteiger partial charge in [0.1, 0.15) is 5.60 Å². The minimum atomic E-state index is -1.08. The zero-order valence-corrected chi connectivity index (χ0v) is 10.9. The highest BCUT2D eigenvalue weighted by atomic mass is 16.6. The minimum Gasteiger partial charge on any atom is -0.479 e. The third-order valence-electron chi connectivity index (χ3n) is 2.32. The van der Waals surface area contributed by atoms with E-state index in [0.29, 0.717) is 18.4 Å². The number of carboxylic acids is 1. The number of hydrogen-bond acceptors (Lipinski definition) is 3. The van der Waals surface area contributed by atoms with Gasteiger partial charge in [0.2, 0.25) is 0 Å². The fourth-order valence-electron chi connectivity index (χ4n) is 1.59. The highest BCUT2D eigenvalue weighted by Crippen LogP contribution is 2.16. The molecular weight excluding hydrogens is 234 g/mol. The van der Waals surface area contributed by atoms with Gasteiger partial charge in [-0.05, 0) is 39.2 Å². The highest BCUT2D eigenvalue weighted by Gasteiger charge is 2.26. The molecule has 0 aromatic rings. The number of aliphatic carboxylic acids is 1. The van der Waals surface area contributed by atoms with Crippen LogP contribution in [0.15, 0.2) is 23.8 Å². The molecule has 100 valence electrons. The third kappa shape index (κ3) is 4.61. The maximum absolute atomic E-state index is 11.6. The number of hydrogen-bond donors (Lipinski definition) is 2. The molecule has 0 fully saturated rings. The van der Waals surface area contributed by atoms with Crippen molar-refractivity contribution in [2.75, 3.05) is 0 Å². The first-order chi connectivity index (χ1) is 8.29. The summed E-state index contributed by atoms with van der Waals surface area (Å²) >= 11 is 0. The van der Waals surface area contributed by atoms with E-state index < -0.39 is 23.7 Å². The number of ether oxygens (including phenoxy) is 1. The second-order valence-electron chi connectivity index (χ2n) is 5.11. The number of carboxylic acid groups (broad SMARTS) is 1. The molecule has 5 nitrogen and oxygen atoms in total. The van der Waals surface area contributed by atoms with E-state index in [9.17, 15) is 9.59 Å². The van der Waals surface area contributed by atoms with Crippen molar-refractivity contribution in [2.45, 2.75) is 45.3 Å². The molecule has 0 heterocycles. The van der Waals surface area contributed by atoms with Crippen molar-refractivity contribution in [3.05, 3.63) is 23.8 Å². The summed E-state index contributed by atoms with van der Waals surface area (Å²) in [6.45, 7) is 5.18. The van der Waals surface area contributed by atoms with Crippen LogP contribution in [0.2, 0.25) is 0 Å². The highest BCUT2D eigenvalue weighted by molar-refractivity contribution is 5.83. The number of rotatable bonds is 3. The normalized spacial score (nSPS) is 16.7. The van der Waals surface area contributed by atoms with Gasteiger partial charge in [-0.25, -0.2) is 9.59 Å². The molecule has 0 aromatic carbocycles. The van der Waals surface area contributed by atoms with Crippen molar-refractivity contribution in [3.63, 3.8) is 0 Å². The van der Waals surface area contributed by atoms with Gasteiger partial charge in [-0.3, -0.25) is 0 Å². The smallest absolute Gasteiger partial charge is 0.408 e. The molecule has 18 heavy (non-hydrogen) atoms. The predicted molar refractivity (Wildman–Crippen MR) is 67.3 cm³/mol. The van der Waals surface area contributed by atoms with Crippen molar-refractivity contribution < 1.29 is 19.4 Å². The van der Waals surface area contributed by atoms with E-state index in [1.807, 2.05) is 18.2 Å². The van der Waals surface area contributed by atoms with Crippen molar-refractivity contribution in [3.8, 4) is 0 Å². The Morgan fingerprint density at radius 3 is 2.50 bits per heavy atom. The van der Waals surface area contributed by atoms with Crippen LogP contribution in [-0.2, 0) is 9.53 Å². The Labute approximate surface area is 107 Å². The molecule has 1 amide bonds. The molecule has 5 heteroatoms. The van der Waals surface area contributed by atoms with Gasteiger partial charge in [-0.2, -0.15) is 0 Å². The zero-order chi connectivity index (χ0) is 13.8. The molecule has 0 saturated carbocycles. The number of amides is 1. The maximum atomic E-state index is 11.6. The lowest BCUT2D eigenvalue weighted by molar-refractivity contribution is -0.138. The number of alkyl carbamates (subject to hydrolysis) is 1. The number of nitrogens with one attached hydrogen (secondary N) is 1. The average Bonchev–Trinajstić information content (AvgIpc) is 2.24. The second-order valence-corrected chi connectivity index (χ2v) is 5.11. The van der Waals surface area contributed by atoms with Crippen molar-refractivity contribution >= 4 is 12.1 Å². The first kappa shape index (κ1) is 14.3. The summed E-state index contributed by atoms with van der Waals surface area (Å²) in [5.74, 6) is -1.08. The molecule has 0 spiro atoms. The molecule has 0 aromatic heterocycles. The lowest BCUT2D eigenvalue weighted by atomic mass is 9.99. The average molecular weight is 253 g/mol. The monoisotopic (exact) mass is 253 g/mol. The first-order valence-electron chi connectivity index (χ1n) is 5.86. The molecular formula is C13H19NO4. The van der Waals surface area contributed by atoms with Crippen molar-refractivity contribution in [1.82, 2.24) is 5.32 Å². The number of carbonyl (C=O) groups is 2. The van der Waals surface area contributed by atoms with E-state index in [-0.39, 0.29) is 0 Å². The largest absolute Gasteiger partial charge is 0.479 e. The Bertz CT molecular complexity index is 390. The molecule has 0 saturated heterocycles. The fourth-order valence-corrected chi connectivity index (χ4v) is 1.59. The van der Waals surface area contributed by atoms with Gasteiger partial charge in [-0.15, -0.1) is 0 Å². The van der Waals surface area contributed by atoms with Gasteiger partial charge in [0.25, 0.3) is 0 Å². The zero-order valence-electron chi connectivity index (χ0n) is 10.9. The Balaban J connectivity index is 2.67. The van der Waals surface area contributed by atoms with Crippen LogP contribution in [0, 0.1) is 0 Å². The van der Waals surface area contributed by atoms with Crippen LogP contribution in [0.5, 0.6) is 0 Å². The standard InChI is InChI=1S/C13H19NO4/c1-13(2,3)18-12(17)14-10(11(15)16)9-7-5-4-6-8-9/h4-5,8,10H,6-7H2,1-3H3,(H,14,17)(H,15,16)/t10-/m1/s1. The number of carbonyl (C=O) groups excluding carboxylic acids is 1. The Morgan fingerprint density at radius 2 is 2.06 bits per heavy atom. The fraction of sp³-hybridized carbons (Fsp3) is 0.538. The predicted octanol–water partition coefficient (Wildman–Crippen LogP) is 2.24. The van der Waals surface area contributed by atoms with E-state index in [4.69, 9.17) is 9.84 Å². The van der Waals surface area contributed by atoms with Crippen LogP contribution < -0.4 is 5.32 Å². The molecule has 0 bridgehead atoms. The molecule has 2 N–H and O–H groups in total. The molecule has 1 atom stereocenters. The Kier molecular flexibility index (Phi) is 4.53. The van der Waals surface area contributed by atoms with Crippen molar-refractivity contribution in [2.24, 2.45) is 0 Å². The van der Waals surface area contributed by atoms with Crippen LogP contribution in [0.25, 0.3) is 0 Å². The molecule has 1 aliphatic rings. The third-order valence-corrected chi connectivity index (χ3v) is 2.32. The Hall–Kier alpha value is -1.78. The molecule has 0 aliphatic heterocycles. The van der Waals surface area contributed by atoms with E-state index in [1.165, 1.54) is 0 Å². The van der Waals surface area contributed by atoms with Gasteiger partial charge < -0.3 is 15.2 Å². The van der Waals surface area contributed by atoms with Gasteiger partial charge in [-0.1, -0.05) is 18.2 Å². The van der Waals surface area contributed by atoms with Crippen LogP contribution in [0.1, 0.15) is 33.6 Å². The second kappa shape index (κ2) is 5.71. The maximum Gasteiger partial charge on any atom is 0.408 e. The van der Waals surface area contributed by atoms with Crippen LogP contribution in [0.3, 0.4) is 0 Å². The lowest BCUT2D eigenvalue weighted by Gasteiger charge is -2.23. The van der Waals surface area contributed by atoms with Crippen LogP contribution in [-0.4, -0.2) is 28.8 Å². The van der Waals surface area contributed by atoms with E-state index in [0.717, 1.165) is 0 Å². The summed E-state index contributed by atoms with van der Waals surface area (Å²) in [6, 6.07) is -1.02. The van der Waals surface area contributed by atoms with Crippen LogP contribution >= 0.6 is 0 Å².